The molecule has 8 nitrogen and oxygen atoms in total. The number of nitrogens with zero attached hydrogens (tertiary/aromatic N) is 3. The molecule has 0 atom stereocenters. The summed E-state index contributed by atoms with van der Waals surface area (Å²) in [6.45, 7) is 0. The van der Waals surface area contributed by atoms with Crippen molar-refractivity contribution in [3.8, 4) is 11.3 Å². The topological polar surface area (TPSA) is 119 Å². The van der Waals surface area contributed by atoms with Gasteiger partial charge in [0.25, 0.3) is 5.91 Å². The molecule has 0 saturated heterocycles. The van der Waals surface area contributed by atoms with Crippen molar-refractivity contribution in [1.29, 1.82) is 5.41 Å². The number of carbonyl (C=O) groups excluding carboxylic acids is 1. The molecule has 0 spiro atoms. The third kappa shape index (κ3) is 3.52. The van der Waals surface area contributed by atoms with Gasteiger partial charge in [-0.2, -0.15) is 28.3 Å². The second-order valence-corrected chi connectivity index (χ2v) is 6.96. The summed E-state index contributed by atoms with van der Waals surface area (Å²) >= 11 is 0.169. The van der Waals surface area contributed by atoms with Crippen LogP contribution in [0.3, 0.4) is 0 Å². The summed E-state index contributed by atoms with van der Waals surface area (Å²) in [5.74, 6) is -1.99. The van der Waals surface area contributed by atoms with Gasteiger partial charge < -0.3 is 9.52 Å². The summed E-state index contributed by atoms with van der Waals surface area (Å²) in [4.78, 5) is 26.7. The van der Waals surface area contributed by atoms with Gasteiger partial charge in [0.2, 0.25) is 10.2 Å². The Morgan fingerprint density at radius 1 is 1.20 bits per heavy atom. The van der Waals surface area contributed by atoms with E-state index in [2.05, 4.69) is 10.1 Å². The number of furan rings is 1. The minimum absolute atomic E-state index is 0.102. The number of amides is 1. The van der Waals surface area contributed by atoms with Crippen molar-refractivity contribution in [2.45, 2.75) is 6.18 Å². The SMILES string of the molecule is N=C1/C(=C\c2ccc(-c3ccc(C(=O)O)cc3)o2)C(=O)N=C2SC(C(F)(F)F)=NN12. The van der Waals surface area contributed by atoms with E-state index >= 15 is 0 Å². The van der Waals surface area contributed by atoms with Crippen LogP contribution in [0.1, 0.15) is 16.1 Å². The molecule has 0 saturated carbocycles. The molecule has 1 amide bonds. The largest absolute Gasteiger partial charge is 0.478 e. The van der Waals surface area contributed by atoms with Gasteiger partial charge in [-0.25, -0.2) is 4.79 Å². The number of aromatic carboxylic acids is 1. The molecule has 2 aliphatic heterocycles. The highest BCUT2D eigenvalue weighted by Gasteiger charge is 2.46. The number of carbonyl (C=O) groups is 2. The first-order valence-electron chi connectivity index (χ1n) is 8.14. The van der Waals surface area contributed by atoms with Crippen molar-refractivity contribution in [2.75, 3.05) is 0 Å². The molecule has 30 heavy (non-hydrogen) atoms. The van der Waals surface area contributed by atoms with Crippen LogP contribution < -0.4 is 0 Å². The molecule has 2 N–H and O–H groups in total. The number of halogens is 3. The summed E-state index contributed by atoms with van der Waals surface area (Å²) in [7, 11) is 0. The monoisotopic (exact) mass is 434 g/mol. The summed E-state index contributed by atoms with van der Waals surface area (Å²) < 4.78 is 44.1. The van der Waals surface area contributed by atoms with E-state index in [1.54, 1.807) is 18.2 Å². The van der Waals surface area contributed by atoms with Crippen LogP contribution in [-0.2, 0) is 4.79 Å². The minimum Gasteiger partial charge on any atom is -0.478 e. The number of hydrogen-bond donors (Lipinski definition) is 2. The predicted octanol–water partition coefficient (Wildman–Crippen LogP) is 3.83. The van der Waals surface area contributed by atoms with Crippen molar-refractivity contribution in [1.82, 2.24) is 5.01 Å². The van der Waals surface area contributed by atoms with Crippen LogP contribution >= 0.6 is 11.8 Å². The number of amidine groups is 2. The Bertz CT molecular complexity index is 1180. The van der Waals surface area contributed by atoms with Crippen molar-refractivity contribution >= 4 is 45.8 Å². The second-order valence-electron chi connectivity index (χ2n) is 6.01. The van der Waals surface area contributed by atoms with Gasteiger partial charge in [0, 0.05) is 5.56 Å². The number of aliphatic imine (C=N–C) groups is 1. The van der Waals surface area contributed by atoms with Crippen LogP contribution in [0.2, 0.25) is 0 Å². The standard InChI is InChI=1S/C18H9F3N4O4S/c19-18(20,21)16-24-25-13(22)11(14(26)23-17(25)30-16)7-10-5-6-12(29-10)8-1-3-9(4-2-8)15(27)28/h1-7,22H,(H,27,28)/b11-7+,22-13?. The first-order chi connectivity index (χ1) is 14.1. The number of thioether (sulfide) groups is 1. The molecule has 152 valence electrons. The average Bonchev–Trinajstić information content (AvgIpc) is 3.32. The van der Waals surface area contributed by atoms with E-state index in [0.717, 1.165) is 0 Å². The third-order valence-electron chi connectivity index (χ3n) is 4.03. The number of rotatable bonds is 3. The molecule has 0 radical (unpaired) electrons. The number of fused-ring (bicyclic) bond motifs is 1. The van der Waals surface area contributed by atoms with E-state index in [4.69, 9.17) is 14.9 Å². The minimum atomic E-state index is -4.72. The molecule has 4 rings (SSSR count). The Labute approximate surface area is 169 Å². The highest BCUT2D eigenvalue weighted by molar-refractivity contribution is 8.27. The van der Waals surface area contributed by atoms with Crippen LogP contribution in [0.5, 0.6) is 0 Å². The zero-order valence-corrected chi connectivity index (χ0v) is 15.4. The molecule has 0 bridgehead atoms. The lowest BCUT2D eigenvalue weighted by atomic mass is 10.1. The lowest BCUT2D eigenvalue weighted by molar-refractivity contribution is -0.114. The van der Waals surface area contributed by atoms with Crippen LogP contribution in [0.25, 0.3) is 17.4 Å². The quantitative estimate of drug-likeness (QED) is 0.709. The Balaban J connectivity index is 1.62. The van der Waals surface area contributed by atoms with Crippen molar-refractivity contribution in [3.63, 3.8) is 0 Å². The highest BCUT2D eigenvalue weighted by Crippen LogP contribution is 2.35. The Morgan fingerprint density at radius 2 is 1.90 bits per heavy atom. The first kappa shape index (κ1) is 19.6. The summed E-state index contributed by atoms with van der Waals surface area (Å²) in [6.07, 6.45) is -3.53. The molecule has 2 aromatic rings. The maximum Gasteiger partial charge on any atom is 0.441 e. The molecule has 0 fully saturated rings. The number of nitrogens with one attached hydrogen (secondary N) is 1. The van der Waals surface area contributed by atoms with Crippen molar-refractivity contribution in [2.24, 2.45) is 10.1 Å². The fourth-order valence-electron chi connectivity index (χ4n) is 2.61. The summed E-state index contributed by atoms with van der Waals surface area (Å²) in [5, 5.41) is 19.4. The van der Waals surface area contributed by atoms with E-state index in [9.17, 15) is 22.8 Å². The Morgan fingerprint density at radius 3 is 2.53 bits per heavy atom. The zero-order chi connectivity index (χ0) is 21.6. The fourth-order valence-corrected chi connectivity index (χ4v) is 3.37. The Kier molecular flexibility index (Phi) is 4.57. The van der Waals surface area contributed by atoms with E-state index < -0.39 is 28.9 Å². The van der Waals surface area contributed by atoms with Gasteiger partial charge in [0.15, 0.2) is 5.84 Å². The van der Waals surface area contributed by atoms with Gasteiger partial charge in [-0.05, 0) is 42.1 Å². The fraction of sp³-hybridized carbons (Fsp3) is 0.0556. The molecule has 12 heteroatoms. The van der Waals surface area contributed by atoms with Gasteiger partial charge in [-0.15, -0.1) is 0 Å². The van der Waals surface area contributed by atoms with Crippen LogP contribution in [0.15, 0.2) is 56.5 Å². The smallest absolute Gasteiger partial charge is 0.441 e. The summed E-state index contributed by atoms with van der Waals surface area (Å²) in [5.41, 5.74) is 0.392. The summed E-state index contributed by atoms with van der Waals surface area (Å²) in [6, 6.07) is 8.94. The van der Waals surface area contributed by atoms with Gasteiger partial charge in [0.1, 0.15) is 11.5 Å². The van der Waals surface area contributed by atoms with Crippen molar-refractivity contribution < 1.29 is 32.3 Å². The number of hydrogen-bond acceptors (Lipinski definition) is 6. The van der Waals surface area contributed by atoms with E-state index in [0.29, 0.717) is 16.3 Å². The van der Waals surface area contributed by atoms with Gasteiger partial charge in [-0.3, -0.25) is 10.2 Å². The molecule has 2 aliphatic rings. The van der Waals surface area contributed by atoms with Crippen LogP contribution in [-0.4, -0.2) is 44.2 Å². The molecule has 1 aromatic heterocycles. The zero-order valence-electron chi connectivity index (χ0n) is 14.6. The number of benzene rings is 1. The number of hydrazone groups is 1. The van der Waals surface area contributed by atoms with E-state index in [1.165, 1.54) is 24.3 Å². The van der Waals surface area contributed by atoms with E-state index in [-0.39, 0.29) is 33.8 Å². The van der Waals surface area contributed by atoms with E-state index in [1.807, 2.05) is 0 Å². The van der Waals surface area contributed by atoms with Crippen LogP contribution in [0, 0.1) is 5.41 Å². The average molecular weight is 434 g/mol. The molecule has 0 aliphatic carbocycles. The predicted molar refractivity (Wildman–Crippen MR) is 102 cm³/mol. The molecular formula is C18H9F3N4O4S. The van der Waals surface area contributed by atoms with Gasteiger partial charge in [-0.1, -0.05) is 12.1 Å². The first-order valence-corrected chi connectivity index (χ1v) is 8.96. The maximum atomic E-state index is 12.9. The molecular weight excluding hydrogens is 425 g/mol. The number of carboxylic acids is 1. The number of alkyl halides is 3. The highest BCUT2D eigenvalue weighted by atomic mass is 32.2. The second kappa shape index (κ2) is 6.99. The molecule has 0 unspecified atom stereocenters. The normalized spacial score (nSPS) is 17.8. The van der Waals surface area contributed by atoms with Gasteiger partial charge in [0.05, 0.1) is 11.1 Å². The lowest BCUT2D eigenvalue weighted by Gasteiger charge is -2.19. The lowest BCUT2D eigenvalue weighted by Crippen LogP contribution is -2.35. The molecule has 1 aromatic carbocycles. The van der Waals surface area contributed by atoms with Gasteiger partial charge >= 0.3 is 12.1 Å². The van der Waals surface area contributed by atoms with Crippen molar-refractivity contribution in [3.05, 3.63) is 53.3 Å². The maximum absolute atomic E-state index is 12.9. The Hall–Kier alpha value is -3.67. The van der Waals surface area contributed by atoms with Crippen LogP contribution in [0.4, 0.5) is 13.2 Å². The number of carboxylic acid groups (broad SMARTS) is 1. The third-order valence-corrected chi connectivity index (χ3v) is 4.98. The molecule has 3 heterocycles.